The van der Waals surface area contributed by atoms with E-state index in [-0.39, 0.29) is 16.5 Å². The number of carbonyl (C=O) groups excluding carboxylic acids is 1. The van der Waals surface area contributed by atoms with E-state index in [0.717, 1.165) is 17.2 Å². The molecular formula is C15H16N4O3S3. The van der Waals surface area contributed by atoms with Gasteiger partial charge < -0.3 is 0 Å². The number of nitrogens with one attached hydrogen (secondary N) is 2. The standard InChI is InChI=1S/C15H16N4O3S3/c1-2-8-23-15-18-17-14(24-15)16-13(20)10-4-3-5-12(9-10)25(21,22)19-11-6-7-11/h2-5,9,11,19H,1,6-8H2,(H,16,17,20). The van der Waals surface area contributed by atoms with Crippen molar-refractivity contribution >= 4 is 44.2 Å². The average molecular weight is 397 g/mol. The predicted molar refractivity (Wildman–Crippen MR) is 98.6 cm³/mol. The maximum absolute atomic E-state index is 12.3. The predicted octanol–water partition coefficient (Wildman–Crippen LogP) is 2.51. The second-order valence-electron chi connectivity index (χ2n) is 5.35. The quantitative estimate of drug-likeness (QED) is 0.404. The van der Waals surface area contributed by atoms with Crippen LogP contribution in [-0.4, -0.2) is 36.3 Å². The molecule has 1 aliphatic carbocycles. The molecule has 10 heteroatoms. The van der Waals surface area contributed by atoms with Crippen molar-refractivity contribution in [2.75, 3.05) is 11.1 Å². The van der Waals surface area contributed by atoms with Gasteiger partial charge in [-0.1, -0.05) is 35.2 Å². The largest absolute Gasteiger partial charge is 0.296 e. The summed E-state index contributed by atoms with van der Waals surface area (Å²) in [6.07, 6.45) is 3.46. The van der Waals surface area contributed by atoms with E-state index >= 15 is 0 Å². The van der Waals surface area contributed by atoms with Gasteiger partial charge in [0.2, 0.25) is 15.2 Å². The molecule has 0 bridgehead atoms. The highest BCUT2D eigenvalue weighted by molar-refractivity contribution is 8.01. The molecule has 1 aromatic carbocycles. The first kappa shape index (κ1) is 18.1. The highest BCUT2D eigenvalue weighted by Gasteiger charge is 2.28. The first-order valence-corrected chi connectivity index (χ1v) is 10.8. The van der Waals surface area contributed by atoms with E-state index in [4.69, 9.17) is 0 Å². The number of anilines is 1. The number of carbonyl (C=O) groups is 1. The number of sulfonamides is 1. The van der Waals surface area contributed by atoms with E-state index in [1.54, 1.807) is 18.2 Å². The summed E-state index contributed by atoms with van der Waals surface area (Å²) in [6.45, 7) is 3.63. The van der Waals surface area contributed by atoms with Crippen molar-refractivity contribution in [2.45, 2.75) is 28.1 Å². The second kappa shape index (κ2) is 7.65. The lowest BCUT2D eigenvalue weighted by molar-refractivity contribution is 0.102. The molecule has 0 aliphatic heterocycles. The van der Waals surface area contributed by atoms with Crippen LogP contribution in [0.15, 0.2) is 46.2 Å². The first-order chi connectivity index (χ1) is 12.0. The van der Waals surface area contributed by atoms with Crippen LogP contribution in [0.3, 0.4) is 0 Å². The molecule has 0 spiro atoms. The molecule has 7 nitrogen and oxygen atoms in total. The third kappa shape index (κ3) is 4.88. The van der Waals surface area contributed by atoms with Gasteiger partial charge in [-0.3, -0.25) is 10.1 Å². The lowest BCUT2D eigenvalue weighted by atomic mass is 10.2. The Hall–Kier alpha value is -1.75. The number of hydrogen-bond donors (Lipinski definition) is 2. The summed E-state index contributed by atoms with van der Waals surface area (Å²) in [5, 5.41) is 10.9. The smallest absolute Gasteiger partial charge is 0.257 e. The number of hydrogen-bond acceptors (Lipinski definition) is 7. The third-order valence-electron chi connectivity index (χ3n) is 3.26. The first-order valence-electron chi connectivity index (χ1n) is 7.49. The van der Waals surface area contributed by atoms with Crippen LogP contribution in [0.2, 0.25) is 0 Å². The molecule has 1 aliphatic rings. The Morgan fingerprint density at radius 3 is 2.92 bits per heavy atom. The van der Waals surface area contributed by atoms with Crippen molar-refractivity contribution in [3.63, 3.8) is 0 Å². The van der Waals surface area contributed by atoms with Crippen molar-refractivity contribution in [2.24, 2.45) is 0 Å². The molecule has 0 unspecified atom stereocenters. The Labute approximate surface area is 154 Å². The van der Waals surface area contributed by atoms with Gasteiger partial charge in [0, 0.05) is 17.4 Å². The highest BCUT2D eigenvalue weighted by Crippen LogP contribution is 2.26. The van der Waals surface area contributed by atoms with Gasteiger partial charge >= 0.3 is 0 Å². The van der Waals surface area contributed by atoms with E-state index in [1.807, 2.05) is 0 Å². The Bertz CT molecular complexity index is 891. The van der Waals surface area contributed by atoms with Crippen molar-refractivity contribution in [1.82, 2.24) is 14.9 Å². The number of aromatic nitrogens is 2. The fourth-order valence-corrected chi connectivity index (χ4v) is 4.77. The van der Waals surface area contributed by atoms with E-state index < -0.39 is 15.9 Å². The Morgan fingerprint density at radius 2 is 2.20 bits per heavy atom. The van der Waals surface area contributed by atoms with E-state index in [0.29, 0.717) is 10.9 Å². The van der Waals surface area contributed by atoms with Crippen LogP contribution in [0.1, 0.15) is 23.2 Å². The third-order valence-corrected chi connectivity index (χ3v) is 6.74. The fourth-order valence-electron chi connectivity index (χ4n) is 1.91. The SMILES string of the molecule is C=CCSc1nnc(NC(=O)c2cccc(S(=O)(=O)NC3CC3)c2)s1. The van der Waals surface area contributed by atoms with Gasteiger partial charge in [-0.25, -0.2) is 13.1 Å². The lowest BCUT2D eigenvalue weighted by Crippen LogP contribution is -2.26. The number of amides is 1. The zero-order valence-electron chi connectivity index (χ0n) is 13.1. The summed E-state index contributed by atoms with van der Waals surface area (Å²) in [5.74, 6) is 0.274. The van der Waals surface area contributed by atoms with Crippen molar-refractivity contribution in [3.05, 3.63) is 42.5 Å². The van der Waals surface area contributed by atoms with E-state index in [9.17, 15) is 13.2 Å². The molecule has 25 heavy (non-hydrogen) atoms. The number of nitrogens with zero attached hydrogens (tertiary/aromatic N) is 2. The monoisotopic (exact) mass is 396 g/mol. The van der Waals surface area contributed by atoms with E-state index in [1.165, 1.54) is 35.2 Å². The van der Waals surface area contributed by atoms with Gasteiger partial charge in [0.25, 0.3) is 5.91 Å². The van der Waals surface area contributed by atoms with Crippen LogP contribution < -0.4 is 10.0 Å². The summed E-state index contributed by atoms with van der Waals surface area (Å²) in [5.41, 5.74) is 0.245. The molecule has 2 aromatic rings. The molecule has 1 fully saturated rings. The average Bonchev–Trinajstić information content (AvgIpc) is 3.29. The van der Waals surface area contributed by atoms with Crippen LogP contribution in [0.5, 0.6) is 0 Å². The summed E-state index contributed by atoms with van der Waals surface area (Å²) < 4.78 is 27.8. The Morgan fingerprint density at radius 1 is 1.40 bits per heavy atom. The molecule has 132 valence electrons. The van der Waals surface area contributed by atoms with Crippen LogP contribution in [0.4, 0.5) is 5.13 Å². The summed E-state index contributed by atoms with van der Waals surface area (Å²) >= 11 is 2.72. The van der Waals surface area contributed by atoms with Gasteiger partial charge in [-0.2, -0.15) is 0 Å². The Kier molecular flexibility index (Phi) is 5.52. The molecule has 1 heterocycles. The zero-order valence-corrected chi connectivity index (χ0v) is 15.6. The van der Waals surface area contributed by atoms with Crippen LogP contribution >= 0.6 is 23.1 Å². The van der Waals surface area contributed by atoms with Gasteiger partial charge in [-0.05, 0) is 31.0 Å². The summed E-state index contributed by atoms with van der Waals surface area (Å²) in [7, 11) is -3.60. The summed E-state index contributed by atoms with van der Waals surface area (Å²) in [4.78, 5) is 12.4. The minimum atomic E-state index is -3.60. The van der Waals surface area contributed by atoms with Crippen molar-refractivity contribution in [3.8, 4) is 0 Å². The molecule has 0 atom stereocenters. The number of rotatable bonds is 8. The van der Waals surface area contributed by atoms with Gasteiger partial charge in [-0.15, -0.1) is 16.8 Å². The molecule has 0 saturated heterocycles. The molecule has 0 radical (unpaired) electrons. The highest BCUT2D eigenvalue weighted by atomic mass is 32.2. The summed E-state index contributed by atoms with van der Waals surface area (Å²) in [6, 6.07) is 5.93. The number of thioether (sulfide) groups is 1. The van der Waals surface area contributed by atoms with E-state index in [2.05, 4.69) is 26.8 Å². The van der Waals surface area contributed by atoms with Crippen molar-refractivity contribution in [1.29, 1.82) is 0 Å². The van der Waals surface area contributed by atoms with Gasteiger partial charge in [0.1, 0.15) is 0 Å². The lowest BCUT2D eigenvalue weighted by Gasteiger charge is -2.07. The second-order valence-corrected chi connectivity index (χ2v) is 9.31. The molecule has 1 saturated carbocycles. The molecule has 3 rings (SSSR count). The minimum Gasteiger partial charge on any atom is -0.296 e. The molecule has 1 aromatic heterocycles. The Balaban J connectivity index is 1.70. The maximum atomic E-state index is 12.3. The van der Waals surface area contributed by atoms with Gasteiger partial charge in [0.15, 0.2) is 4.34 Å². The van der Waals surface area contributed by atoms with Crippen LogP contribution in [-0.2, 0) is 10.0 Å². The minimum absolute atomic E-state index is 0.00959. The normalized spacial score (nSPS) is 14.2. The zero-order chi connectivity index (χ0) is 17.9. The molecule has 1 amide bonds. The van der Waals surface area contributed by atoms with Crippen LogP contribution in [0, 0.1) is 0 Å². The maximum Gasteiger partial charge on any atom is 0.257 e. The molecule has 2 N–H and O–H groups in total. The fraction of sp³-hybridized carbons (Fsp3) is 0.267. The van der Waals surface area contributed by atoms with Crippen molar-refractivity contribution < 1.29 is 13.2 Å². The van der Waals surface area contributed by atoms with Crippen LogP contribution in [0.25, 0.3) is 0 Å². The van der Waals surface area contributed by atoms with Gasteiger partial charge in [0.05, 0.1) is 4.90 Å². The topological polar surface area (TPSA) is 101 Å². The number of benzene rings is 1. The molecular weight excluding hydrogens is 380 g/mol.